The van der Waals surface area contributed by atoms with Crippen LogP contribution in [0.25, 0.3) is 0 Å². The second-order valence-corrected chi connectivity index (χ2v) is 9.48. The number of nitrogens with one attached hydrogen (secondary N) is 1. The van der Waals surface area contributed by atoms with Crippen LogP contribution in [0.5, 0.6) is 0 Å². The third kappa shape index (κ3) is 3.94. The average Bonchev–Trinajstić information content (AvgIpc) is 3.24. The molecule has 4 aliphatic rings. The molecule has 4 heteroatoms. The molecule has 0 amide bonds. The highest BCUT2D eigenvalue weighted by Crippen LogP contribution is 2.59. The third-order valence-electron chi connectivity index (χ3n) is 7.56. The minimum absolute atomic E-state index is 0.298. The number of aromatic nitrogens is 3. The van der Waals surface area contributed by atoms with E-state index in [4.69, 9.17) is 0 Å². The Bertz CT molecular complexity index is 552. The molecular weight excluding hydrogens is 320 g/mol. The molecule has 2 atom stereocenters. The molecule has 4 fully saturated rings. The van der Waals surface area contributed by atoms with E-state index >= 15 is 0 Å². The van der Waals surface area contributed by atoms with Crippen molar-refractivity contribution in [3.63, 3.8) is 0 Å². The normalized spacial score (nSPS) is 32.3. The summed E-state index contributed by atoms with van der Waals surface area (Å²) in [5, 5.41) is 12.5. The van der Waals surface area contributed by atoms with Crippen molar-refractivity contribution in [3.8, 4) is 0 Å². The smallest absolute Gasteiger partial charge is 0.168 e. The van der Waals surface area contributed by atoms with Crippen LogP contribution in [0.4, 0.5) is 5.82 Å². The van der Waals surface area contributed by atoms with E-state index in [2.05, 4.69) is 33.4 Å². The maximum atomic E-state index is 4.57. The van der Waals surface area contributed by atoms with Crippen LogP contribution >= 0.6 is 0 Å². The molecule has 1 aromatic rings. The van der Waals surface area contributed by atoms with Crippen molar-refractivity contribution in [1.29, 1.82) is 0 Å². The van der Waals surface area contributed by atoms with Crippen molar-refractivity contribution in [3.05, 3.63) is 6.20 Å². The van der Waals surface area contributed by atoms with Gasteiger partial charge in [-0.25, -0.2) is 4.68 Å². The van der Waals surface area contributed by atoms with Gasteiger partial charge in [-0.1, -0.05) is 57.1 Å². The van der Waals surface area contributed by atoms with E-state index < -0.39 is 0 Å². The summed E-state index contributed by atoms with van der Waals surface area (Å²) < 4.78 is 2.25. The van der Waals surface area contributed by atoms with Gasteiger partial charge in [-0.3, -0.25) is 0 Å². The Morgan fingerprint density at radius 3 is 2.46 bits per heavy atom. The van der Waals surface area contributed by atoms with Crippen LogP contribution in [-0.2, 0) is 5.54 Å². The lowest BCUT2D eigenvalue weighted by molar-refractivity contribution is 0.233. The molecule has 0 aromatic carbocycles. The molecule has 0 radical (unpaired) electrons. The average molecular weight is 359 g/mol. The molecule has 0 saturated heterocycles. The fourth-order valence-electron chi connectivity index (χ4n) is 6.16. The first-order chi connectivity index (χ1) is 12.8. The van der Waals surface area contributed by atoms with Gasteiger partial charge in [0.05, 0.1) is 11.7 Å². The number of unbranched alkanes of at least 4 members (excludes halogenated alkanes) is 7. The summed E-state index contributed by atoms with van der Waals surface area (Å²) in [5.74, 6) is 3.95. The molecule has 2 unspecified atom stereocenters. The number of anilines is 1. The lowest BCUT2D eigenvalue weighted by atomic mass is 9.92. The van der Waals surface area contributed by atoms with Crippen LogP contribution in [0.1, 0.15) is 96.8 Å². The summed E-state index contributed by atoms with van der Waals surface area (Å²) >= 11 is 0. The van der Waals surface area contributed by atoms with Crippen LogP contribution in [0.3, 0.4) is 0 Å². The summed E-state index contributed by atoms with van der Waals surface area (Å²) in [4.78, 5) is 0. The highest BCUT2D eigenvalue weighted by Gasteiger charge is 2.53. The maximum absolute atomic E-state index is 4.57. The van der Waals surface area contributed by atoms with Crippen LogP contribution in [-0.4, -0.2) is 21.5 Å². The van der Waals surface area contributed by atoms with Gasteiger partial charge in [-0.05, 0) is 62.7 Å². The SMILES string of the molecule is CCCCCCCCCCNc1cn(C23CCC4CC(C2)C(C4)C3)nn1. The van der Waals surface area contributed by atoms with E-state index in [1.165, 1.54) is 89.9 Å². The van der Waals surface area contributed by atoms with Crippen molar-refractivity contribution in [1.82, 2.24) is 15.0 Å². The van der Waals surface area contributed by atoms with Crippen LogP contribution in [0.2, 0.25) is 0 Å². The second kappa shape index (κ2) is 8.31. The van der Waals surface area contributed by atoms with Crippen molar-refractivity contribution in [2.24, 2.45) is 17.8 Å². The molecule has 4 saturated carbocycles. The van der Waals surface area contributed by atoms with Gasteiger partial charge in [0, 0.05) is 6.54 Å². The third-order valence-corrected chi connectivity index (χ3v) is 7.56. The Hall–Kier alpha value is -1.06. The topological polar surface area (TPSA) is 42.7 Å². The molecule has 1 heterocycles. The first-order valence-corrected chi connectivity index (χ1v) is 11.5. The van der Waals surface area contributed by atoms with E-state index in [-0.39, 0.29) is 0 Å². The largest absolute Gasteiger partial charge is 0.367 e. The lowest BCUT2D eigenvalue weighted by Crippen LogP contribution is -2.31. The second-order valence-electron chi connectivity index (χ2n) is 9.48. The molecule has 4 nitrogen and oxygen atoms in total. The van der Waals surface area contributed by atoms with Gasteiger partial charge in [0.1, 0.15) is 0 Å². The molecule has 5 rings (SSSR count). The zero-order valence-electron chi connectivity index (χ0n) is 16.8. The predicted molar refractivity (Wildman–Crippen MR) is 107 cm³/mol. The van der Waals surface area contributed by atoms with E-state index in [1.807, 2.05) is 0 Å². The van der Waals surface area contributed by atoms with Crippen molar-refractivity contribution in [2.45, 2.75) is 102 Å². The Labute approximate surface area is 159 Å². The van der Waals surface area contributed by atoms with Gasteiger partial charge in [0.2, 0.25) is 0 Å². The molecule has 1 N–H and O–H groups in total. The van der Waals surface area contributed by atoms with Gasteiger partial charge in [0.15, 0.2) is 5.82 Å². The van der Waals surface area contributed by atoms with Crippen molar-refractivity contribution >= 4 is 5.82 Å². The van der Waals surface area contributed by atoms with E-state index in [9.17, 15) is 0 Å². The fourth-order valence-corrected chi connectivity index (χ4v) is 6.16. The lowest BCUT2D eigenvalue weighted by Gasteiger charge is -2.28. The number of hydrogen-bond donors (Lipinski definition) is 1. The molecule has 26 heavy (non-hydrogen) atoms. The molecule has 4 bridgehead atoms. The standard InChI is InChI=1S/C22H38N4/c1-2-3-4-5-6-7-8-9-12-23-21-17-26(25-24-21)22-11-10-18-13-19(15-22)20(14-18)16-22/h17-20,23H,2-16H2,1H3. The van der Waals surface area contributed by atoms with E-state index in [0.717, 1.165) is 30.1 Å². The van der Waals surface area contributed by atoms with Gasteiger partial charge in [-0.2, -0.15) is 0 Å². The number of fused-ring (bicyclic) bond motifs is 1. The van der Waals surface area contributed by atoms with Gasteiger partial charge < -0.3 is 5.32 Å². The van der Waals surface area contributed by atoms with Crippen LogP contribution < -0.4 is 5.32 Å². The first-order valence-electron chi connectivity index (χ1n) is 11.5. The summed E-state index contributed by atoms with van der Waals surface area (Å²) in [6.07, 6.45) is 21.6. The zero-order chi connectivity index (χ0) is 17.8. The Balaban J connectivity index is 1.19. The summed E-state index contributed by atoms with van der Waals surface area (Å²) in [7, 11) is 0. The summed E-state index contributed by atoms with van der Waals surface area (Å²) in [6, 6.07) is 0. The monoisotopic (exact) mass is 358 g/mol. The summed E-state index contributed by atoms with van der Waals surface area (Å²) in [5.41, 5.74) is 0.298. The fraction of sp³-hybridized carbons (Fsp3) is 0.909. The highest BCUT2D eigenvalue weighted by atomic mass is 15.5. The van der Waals surface area contributed by atoms with Gasteiger partial charge in [0.25, 0.3) is 0 Å². The maximum Gasteiger partial charge on any atom is 0.168 e. The minimum Gasteiger partial charge on any atom is -0.367 e. The quantitative estimate of drug-likeness (QED) is 0.512. The Morgan fingerprint density at radius 2 is 1.73 bits per heavy atom. The van der Waals surface area contributed by atoms with E-state index in [1.54, 1.807) is 0 Å². The predicted octanol–water partition coefficient (Wildman–Crippen LogP) is 5.76. The summed E-state index contributed by atoms with van der Waals surface area (Å²) in [6.45, 7) is 3.32. The minimum atomic E-state index is 0.298. The van der Waals surface area contributed by atoms with Gasteiger partial charge in [-0.15, -0.1) is 5.10 Å². The molecule has 1 aromatic heterocycles. The highest BCUT2D eigenvalue weighted by molar-refractivity contribution is 5.29. The number of nitrogens with zero attached hydrogens (tertiary/aromatic N) is 3. The number of rotatable bonds is 11. The Morgan fingerprint density at radius 1 is 1.04 bits per heavy atom. The van der Waals surface area contributed by atoms with E-state index in [0.29, 0.717) is 5.54 Å². The zero-order valence-corrected chi connectivity index (χ0v) is 16.8. The van der Waals surface area contributed by atoms with Crippen LogP contribution in [0.15, 0.2) is 6.20 Å². The van der Waals surface area contributed by atoms with Gasteiger partial charge >= 0.3 is 0 Å². The van der Waals surface area contributed by atoms with Crippen molar-refractivity contribution < 1.29 is 0 Å². The molecule has 0 spiro atoms. The Kier molecular flexibility index (Phi) is 5.85. The molecule has 146 valence electrons. The number of hydrogen-bond acceptors (Lipinski definition) is 3. The van der Waals surface area contributed by atoms with Crippen LogP contribution in [0, 0.1) is 17.8 Å². The molecule has 0 aliphatic heterocycles. The first kappa shape index (κ1) is 18.3. The molecular formula is C22H38N4. The van der Waals surface area contributed by atoms with Crippen molar-refractivity contribution in [2.75, 3.05) is 11.9 Å². The molecule has 4 aliphatic carbocycles.